The topological polar surface area (TPSA) is 26.3 Å². The molecule has 0 bridgehead atoms. The van der Waals surface area contributed by atoms with Crippen molar-refractivity contribution in [2.75, 3.05) is 0 Å². The van der Waals surface area contributed by atoms with Crippen LogP contribution in [0.1, 0.15) is 41.3 Å². The smallest absolute Gasteiger partial charge is 0.203 e. The number of hydrogen-bond acceptors (Lipinski definition) is 2. The first-order valence-corrected chi connectivity index (χ1v) is 7.04. The predicted molar refractivity (Wildman–Crippen MR) is 79.4 cm³/mol. The fraction of sp³-hybridized carbons (Fsp3) is 0.278. The highest BCUT2D eigenvalue weighted by Crippen LogP contribution is 2.29. The lowest BCUT2D eigenvalue weighted by molar-refractivity contribution is 0.0824. The van der Waals surface area contributed by atoms with Crippen molar-refractivity contribution in [3.8, 4) is 5.75 Å². The Morgan fingerprint density at radius 2 is 1.80 bits per heavy atom. The number of Topliss-reactive ketones (excluding diaryl/α,β-unsaturated/α-hetero) is 1. The van der Waals surface area contributed by atoms with E-state index in [-0.39, 0.29) is 11.9 Å². The van der Waals surface area contributed by atoms with Crippen LogP contribution in [0.4, 0.5) is 0 Å². The van der Waals surface area contributed by atoms with Crippen LogP contribution in [0.25, 0.3) is 0 Å². The van der Waals surface area contributed by atoms with Crippen molar-refractivity contribution in [2.45, 2.75) is 32.3 Å². The Labute approximate surface area is 119 Å². The molecule has 2 nitrogen and oxygen atoms in total. The third-order valence-electron chi connectivity index (χ3n) is 3.80. The number of fused-ring (bicyclic) bond motifs is 1. The van der Waals surface area contributed by atoms with E-state index >= 15 is 0 Å². The summed E-state index contributed by atoms with van der Waals surface area (Å²) in [6.45, 7) is 4.29. The Hall–Kier alpha value is -2.09. The van der Waals surface area contributed by atoms with Gasteiger partial charge in [-0.25, -0.2) is 0 Å². The molecular formula is C18H18O2. The molecule has 1 atom stereocenters. The van der Waals surface area contributed by atoms with Gasteiger partial charge in [0, 0.05) is 12.0 Å². The Morgan fingerprint density at radius 1 is 1.10 bits per heavy atom. The molecule has 0 radical (unpaired) electrons. The van der Waals surface area contributed by atoms with Crippen molar-refractivity contribution >= 4 is 5.78 Å². The molecule has 1 aliphatic rings. The zero-order chi connectivity index (χ0) is 14.1. The second-order valence-corrected chi connectivity index (χ2v) is 5.56. The van der Waals surface area contributed by atoms with Crippen LogP contribution in [-0.4, -0.2) is 11.9 Å². The zero-order valence-corrected chi connectivity index (χ0v) is 11.8. The highest BCUT2D eigenvalue weighted by atomic mass is 16.5. The molecule has 0 aliphatic carbocycles. The minimum atomic E-state index is -0.378. The van der Waals surface area contributed by atoms with Crippen molar-refractivity contribution in [3.63, 3.8) is 0 Å². The van der Waals surface area contributed by atoms with E-state index in [1.165, 1.54) is 5.56 Å². The number of ketones is 1. The maximum atomic E-state index is 12.5. The van der Waals surface area contributed by atoms with Gasteiger partial charge in [-0.1, -0.05) is 56.3 Å². The van der Waals surface area contributed by atoms with Crippen molar-refractivity contribution in [3.05, 3.63) is 65.2 Å². The highest BCUT2D eigenvalue weighted by Gasteiger charge is 2.29. The molecule has 3 rings (SSSR count). The first-order chi connectivity index (χ1) is 9.65. The number of ether oxygens (including phenoxy) is 1. The number of hydrogen-bond donors (Lipinski definition) is 0. The molecule has 1 unspecified atom stereocenters. The quantitative estimate of drug-likeness (QED) is 0.785. The summed E-state index contributed by atoms with van der Waals surface area (Å²) in [4.78, 5) is 12.5. The summed E-state index contributed by atoms with van der Waals surface area (Å²) >= 11 is 0. The molecule has 2 aromatic carbocycles. The maximum absolute atomic E-state index is 12.5. The first-order valence-electron chi connectivity index (χ1n) is 7.04. The minimum absolute atomic E-state index is 0.0662. The molecule has 102 valence electrons. The van der Waals surface area contributed by atoms with Crippen molar-refractivity contribution in [2.24, 2.45) is 0 Å². The van der Waals surface area contributed by atoms with Crippen LogP contribution in [0.2, 0.25) is 0 Å². The number of para-hydroxylation sites is 1. The molecule has 1 heterocycles. The van der Waals surface area contributed by atoms with Gasteiger partial charge in [-0.15, -0.1) is 0 Å². The largest absolute Gasteiger partial charge is 0.482 e. The van der Waals surface area contributed by atoms with Gasteiger partial charge in [-0.05, 0) is 23.1 Å². The zero-order valence-electron chi connectivity index (χ0n) is 11.8. The summed E-state index contributed by atoms with van der Waals surface area (Å²) in [7, 11) is 0. The second-order valence-electron chi connectivity index (χ2n) is 5.56. The molecule has 20 heavy (non-hydrogen) atoms. The van der Waals surface area contributed by atoms with Gasteiger partial charge >= 0.3 is 0 Å². The van der Waals surface area contributed by atoms with Gasteiger partial charge < -0.3 is 4.74 Å². The minimum Gasteiger partial charge on any atom is -0.482 e. The van der Waals surface area contributed by atoms with Crippen LogP contribution in [0.15, 0.2) is 48.5 Å². The summed E-state index contributed by atoms with van der Waals surface area (Å²) < 4.78 is 5.75. The number of carbonyl (C=O) groups is 1. The van der Waals surface area contributed by atoms with Crippen LogP contribution in [0.3, 0.4) is 0 Å². The molecule has 2 aromatic rings. The SMILES string of the molecule is CC(C)c1ccc(C(=O)C2Cc3ccccc3O2)cc1. The fourth-order valence-corrected chi connectivity index (χ4v) is 2.55. The van der Waals surface area contributed by atoms with E-state index in [1.54, 1.807) is 0 Å². The van der Waals surface area contributed by atoms with Gasteiger partial charge in [-0.3, -0.25) is 4.79 Å². The molecule has 0 fully saturated rings. The first kappa shape index (κ1) is 12.9. The summed E-state index contributed by atoms with van der Waals surface area (Å²) in [5.74, 6) is 1.38. The molecular weight excluding hydrogens is 248 g/mol. The number of carbonyl (C=O) groups excluding carboxylic acids is 1. The lowest BCUT2D eigenvalue weighted by Gasteiger charge is -2.11. The van der Waals surface area contributed by atoms with Crippen molar-refractivity contribution < 1.29 is 9.53 Å². The van der Waals surface area contributed by atoms with E-state index < -0.39 is 0 Å². The van der Waals surface area contributed by atoms with Crippen LogP contribution < -0.4 is 4.74 Å². The lowest BCUT2D eigenvalue weighted by Crippen LogP contribution is -2.25. The van der Waals surface area contributed by atoms with Gasteiger partial charge in [0.15, 0.2) is 6.10 Å². The van der Waals surface area contributed by atoms with Crippen LogP contribution >= 0.6 is 0 Å². The Kier molecular flexibility index (Phi) is 3.31. The Morgan fingerprint density at radius 3 is 2.45 bits per heavy atom. The van der Waals surface area contributed by atoms with Crippen molar-refractivity contribution in [1.82, 2.24) is 0 Å². The summed E-state index contributed by atoms with van der Waals surface area (Å²) in [6, 6.07) is 15.7. The monoisotopic (exact) mass is 266 g/mol. The standard InChI is InChI=1S/C18H18O2/c1-12(2)13-7-9-14(10-8-13)18(19)17-11-15-5-3-4-6-16(15)20-17/h3-10,12,17H,11H2,1-2H3. The number of rotatable bonds is 3. The normalized spacial score (nSPS) is 16.9. The third kappa shape index (κ3) is 2.34. The summed E-state index contributed by atoms with van der Waals surface area (Å²) in [6.07, 6.45) is 0.290. The summed E-state index contributed by atoms with van der Waals surface area (Å²) in [5.41, 5.74) is 3.09. The predicted octanol–water partition coefficient (Wildman–Crippen LogP) is 4.00. The van der Waals surface area contributed by atoms with Crippen molar-refractivity contribution in [1.29, 1.82) is 0 Å². The fourth-order valence-electron chi connectivity index (χ4n) is 2.55. The van der Waals surface area contributed by atoms with Gasteiger partial charge in [0.25, 0.3) is 0 Å². The molecule has 0 saturated carbocycles. The van der Waals surface area contributed by atoms with Gasteiger partial charge in [-0.2, -0.15) is 0 Å². The van der Waals surface area contributed by atoms with Gasteiger partial charge in [0.2, 0.25) is 5.78 Å². The third-order valence-corrected chi connectivity index (χ3v) is 3.80. The molecule has 1 aliphatic heterocycles. The molecule has 0 amide bonds. The van der Waals surface area contributed by atoms with Crippen LogP contribution in [-0.2, 0) is 6.42 Å². The maximum Gasteiger partial charge on any atom is 0.203 e. The van der Waals surface area contributed by atoms with E-state index in [0.717, 1.165) is 16.9 Å². The van der Waals surface area contributed by atoms with Gasteiger partial charge in [0.05, 0.1) is 0 Å². The van der Waals surface area contributed by atoms with E-state index in [2.05, 4.69) is 13.8 Å². The lowest BCUT2D eigenvalue weighted by atomic mass is 9.97. The van der Waals surface area contributed by atoms with Crippen LogP contribution in [0.5, 0.6) is 5.75 Å². The molecule has 0 aromatic heterocycles. The van der Waals surface area contributed by atoms with Crippen LogP contribution in [0, 0.1) is 0 Å². The van der Waals surface area contributed by atoms with E-state index in [0.29, 0.717) is 12.3 Å². The number of benzene rings is 2. The molecule has 2 heteroatoms. The molecule has 0 spiro atoms. The van der Waals surface area contributed by atoms with E-state index in [1.807, 2.05) is 48.5 Å². The second kappa shape index (κ2) is 5.12. The summed E-state index contributed by atoms with van der Waals surface area (Å²) in [5, 5.41) is 0. The molecule has 0 N–H and O–H groups in total. The molecule has 0 saturated heterocycles. The van der Waals surface area contributed by atoms with E-state index in [4.69, 9.17) is 4.74 Å². The Bertz CT molecular complexity index is 601. The average Bonchev–Trinajstić information content (AvgIpc) is 2.90. The van der Waals surface area contributed by atoms with Gasteiger partial charge in [0.1, 0.15) is 5.75 Å². The highest BCUT2D eigenvalue weighted by molar-refractivity contribution is 6.00. The Balaban J connectivity index is 1.78. The average molecular weight is 266 g/mol. The van der Waals surface area contributed by atoms with E-state index in [9.17, 15) is 4.79 Å².